The van der Waals surface area contributed by atoms with Crippen molar-refractivity contribution < 1.29 is 9.32 Å². The SMILES string of the molecule is CC1(C)C[C@@]1(CNC(=O)CCc1cc(=O)[nH]o1)c1ccccc1. The van der Waals surface area contributed by atoms with Crippen LogP contribution in [0.2, 0.25) is 0 Å². The molecule has 2 N–H and O–H groups in total. The Balaban J connectivity index is 1.58. The van der Waals surface area contributed by atoms with Crippen LogP contribution in [0.15, 0.2) is 45.7 Å². The Bertz CT molecular complexity index is 745. The molecule has 0 spiro atoms. The van der Waals surface area contributed by atoms with E-state index in [4.69, 9.17) is 4.52 Å². The van der Waals surface area contributed by atoms with Gasteiger partial charge >= 0.3 is 0 Å². The molecule has 23 heavy (non-hydrogen) atoms. The molecule has 3 rings (SSSR count). The summed E-state index contributed by atoms with van der Waals surface area (Å²) in [5, 5.41) is 5.28. The number of amides is 1. The molecule has 0 unspecified atom stereocenters. The van der Waals surface area contributed by atoms with Gasteiger partial charge in [-0.15, -0.1) is 0 Å². The number of H-pyrrole nitrogens is 1. The summed E-state index contributed by atoms with van der Waals surface area (Å²) < 4.78 is 4.96. The molecule has 1 fully saturated rings. The monoisotopic (exact) mass is 314 g/mol. The number of aromatic nitrogens is 1. The third-order valence-corrected chi connectivity index (χ3v) is 5.00. The highest BCUT2D eigenvalue weighted by atomic mass is 16.5. The molecule has 1 aromatic carbocycles. The van der Waals surface area contributed by atoms with Crippen molar-refractivity contribution in [3.05, 3.63) is 58.1 Å². The third kappa shape index (κ3) is 3.09. The summed E-state index contributed by atoms with van der Waals surface area (Å²) in [5.74, 6) is 0.488. The first-order valence-electron chi connectivity index (χ1n) is 7.93. The molecule has 1 heterocycles. The molecule has 1 saturated carbocycles. The summed E-state index contributed by atoms with van der Waals surface area (Å²) in [6, 6.07) is 11.7. The summed E-state index contributed by atoms with van der Waals surface area (Å²) in [6.07, 6.45) is 1.80. The van der Waals surface area contributed by atoms with Gasteiger partial charge in [0.25, 0.3) is 5.56 Å². The minimum absolute atomic E-state index is 0.0184. The molecule has 1 amide bonds. The van der Waals surface area contributed by atoms with E-state index < -0.39 is 0 Å². The van der Waals surface area contributed by atoms with Gasteiger partial charge in [0.05, 0.1) is 0 Å². The van der Waals surface area contributed by atoms with E-state index in [0.29, 0.717) is 25.1 Å². The van der Waals surface area contributed by atoms with Crippen molar-refractivity contribution in [2.75, 3.05) is 6.54 Å². The molecule has 0 bridgehead atoms. The van der Waals surface area contributed by atoms with Crippen LogP contribution in [0, 0.1) is 5.41 Å². The molecule has 5 nitrogen and oxygen atoms in total. The van der Waals surface area contributed by atoms with Gasteiger partial charge in [0, 0.05) is 30.9 Å². The second-order valence-corrected chi connectivity index (χ2v) is 6.96. The first-order chi connectivity index (χ1) is 10.9. The van der Waals surface area contributed by atoms with Crippen LogP contribution in [-0.2, 0) is 16.6 Å². The van der Waals surface area contributed by atoms with Gasteiger partial charge in [-0.2, -0.15) is 5.16 Å². The number of aryl methyl sites for hydroxylation is 1. The summed E-state index contributed by atoms with van der Waals surface area (Å²) in [4.78, 5) is 23.1. The van der Waals surface area contributed by atoms with Crippen molar-refractivity contribution in [2.24, 2.45) is 5.41 Å². The van der Waals surface area contributed by atoms with E-state index in [1.165, 1.54) is 11.6 Å². The summed E-state index contributed by atoms with van der Waals surface area (Å²) in [7, 11) is 0. The van der Waals surface area contributed by atoms with Gasteiger partial charge in [0.2, 0.25) is 5.91 Å². The molecule has 0 radical (unpaired) electrons. The minimum atomic E-state index is -0.275. The fraction of sp³-hybridized carbons (Fsp3) is 0.444. The van der Waals surface area contributed by atoms with Crippen LogP contribution in [0.1, 0.15) is 38.0 Å². The van der Waals surface area contributed by atoms with E-state index in [1.54, 1.807) is 0 Å². The molecule has 122 valence electrons. The van der Waals surface area contributed by atoms with Crippen molar-refractivity contribution in [3.63, 3.8) is 0 Å². The Kier molecular flexibility index (Phi) is 3.88. The normalized spacial score (nSPS) is 21.8. The number of rotatable bonds is 6. The lowest BCUT2D eigenvalue weighted by molar-refractivity contribution is -0.121. The van der Waals surface area contributed by atoms with E-state index in [0.717, 1.165) is 6.42 Å². The first kappa shape index (κ1) is 15.6. The highest BCUT2D eigenvalue weighted by molar-refractivity contribution is 5.76. The van der Waals surface area contributed by atoms with Crippen molar-refractivity contribution in [2.45, 2.75) is 38.5 Å². The average molecular weight is 314 g/mol. The van der Waals surface area contributed by atoms with E-state index in [1.807, 2.05) is 18.2 Å². The Morgan fingerprint density at radius 1 is 1.30 bits per heavy atom. The third-order valence-electron chi connectivity index (χ3n) is 5.00. The molecule has 2 aromatic rings. The summed E-state index contributed by atoms with van der Waals surface area (Å²) >= 11 is 0. The Hall–Kier alpha value is -2.30. The minimum Gasteiger partial charge on any atom is -0.384 e. The molecule has 0 saturated heterocycles. The number of hydrogen-bond donors (Lipinski definition) is 2. The maximum absolute atomic E-state index is 12.1. The second-order valence-electron chi connectivity index (χ2n) is 6.96. The maximum Gasteiger partial charge on any atom is 0.280 e. The van der Waals surface area contributed by atoms with Gasteiger partial charge < -0.3 is 9.84 Å². The van der Waals surface area contributed by atoms with Crippen LogP contribution in [0.4, 0.5) is 0 Å². The van der Waals surface area contributed by atoms with Crippen LogP contribution in [0.3, 0.4) is 0 Å². The van der Waals surface area contributed by atoms with Gasteiger partial charge in [-0.1, -0.05) is 44.2 Å². The van der Waals surface area contributed by atoms with E-state index in [2.05, 4.69) is 36.5 Å². The largest absolute Gasteiger partial charge is 0.384 e. The Labute approximate surface area is 135 Å². The first-order valence-corrected chi connectivity index (χ1v) is 7.93. The Morgan fingerprint density at radius 3 is 2.57 bits per heavy atom. The van der Waals surface area contributed by atoms with E-state index in [9.17, 15) is 9.59 Å². The van der Waals surface area contributed by atoms with Crippen molar-refractivity contribution in [1.29, 1.82) is 0 Å². The van der Waals surface area contributed by atoms with Crippen LogP contribution in [0.5, 0.6) is 0 Å². The predicted molar refractivity (Wildman–Crippen MR) is 87.2 cm³/mol. The summed E-state index contributed by atoms with van der Waals surface area (Å²) in [5.41, 5.74) is 1.21. The van der Waals surface area contributed by atoms with Gasteiger partial charge in [-0.3, -0.25) is 9.59 Å². The quantitative estimate of drug-likeness (QED) is 0.859. The topological polar surface area (TPSA) is 75.1 Å². The molecule has 0 aliphatic heterocycles. The zero-order valence-corrected chi connectivity index (χ0v) is 13.5. The number of benzene rings is 1. The van der Waals surface area contributed by atoms with Gasteiger partial charge in [-0.05, 0) is 17.4 Å². The lowest BCUT2D eigenvalue weighted by atomic mass is 9.88. The molecule has 1 aliphatic rings. The zero-order valence-electron chi connectivity index (χ0n) is 13.5. The molecular weight excluding hydrogens is 292 g/mol. The van der Waals surface area contributed by atoms with Crippen molar-refractivity contribution in [3.8, 4) is 0 Å². The lowest BCUT2D eigenvalue weighted by Gasteiger charge is -2.22. The number of carbonyl (C=O) groups excluding carboxylic acids is 1. The highest BCUT2D eigenvalue weighted by Crippen LogP contribution is 2.63. The van der Waals surface area contributed by atoms with Crippen molar-refractivity contribution >= 4 is 5.91 Å². The van der Waals surface area contributed by atoms with Crippen LogP contribution >= 0.6 is 0 Å². The molecule has 1 aliphatic carbocycles. The maximum atomic E-state index is 12.1. The zero-order chi connectivity index (χ0) is 16.5. The fourth-order valence-electron chi connectivity index (χ4n) is 3.38. The molecular formula is C18H22N2O3. The second kappa shape index (κ2) is 5.72. The Morgan fingerprint density at radius 2 is 2.00 bits per heavy atom. The lowest BCUT2D eigenvalue weighted by Crippen LogP contribution is -2.34. The number of aromatic amines is 1. The van der Waals surface area contributed by atoms with Crippen molar-refractivity contribution in [1.82, 2.24) is 10.5 Å². The standard InChI is InChI=1S/C18H22N2O3/c1-17(2)11-18(17,13-6-4-3-5-7-13)12-19-15(21)9-8-14-10-16(22)20-23-14/h3-7,10H,8-9,11-12H2,1-2H3,(H,19,21)(H,20,22)/t18-/m1/s1. The highest BCUT2D eigenvalue weighted by Gasteiger charge is 2.61. The fourth-order valence-corrected chi connectivity index (χ4v) is 3.38. The smallest absolute Gasteiger partial charge is 0.280 e. The predicted octanol–water partition coefficient (Wildman–Crippen LogP) is 2.38. The molecule has 1 aromatic heterocycles. The molecule has 5 heteroatoms. The van der Waals surface area contributed by atoms with Crippen LogP contribution in [0.25, 0.3) is 0 Å². The van der Waals surface area contributed by atoms with E-state index in [-0.39, 0.29) is 22.3 Å². The summed E-state index contributed by atoms with van der Waals surface area (Å²) in [6.45, 7) is 5.11. The van der Waals surface area contributed by atoms with E-state index >= 15 is 0 Å². The van der Waals surface area contributed by atoms with Gasteiger partial charge in [0.1, 0.15) is 5.76 Å². The number of hydrogen-bond acceptors (Lipinski definition) is 3. The number of nitrogens with one attached hydrogen (secondary N) is 2. The van der Waals surface area contributed by atoms with Crippen LogP contribution < -0.4 is 10.9 Å². The van der Waals surface area contributed by atoms with Crippen LogP contribution in [-0.4, -0.2) is 17.6 Å². The molecule has 1 atom stereocenters. The van der Waals surface area contributed by atoms with Gasteiger partial charge in [-0.25, -0.2) is 0 Å². The van der Waals surface area contributed by atoms with Gasteiger partial charge in [0.15, 0.2) is 0 Å². The number of carbonyl (C=O) groups is 1. The average Bonchev–Trinajstić information content (AvgIpc) is 2.87.